The molecule has 5 nitrogen and oxygen atoms in total. The van der Waals surface area contributed by atoms with Crippen LogP contribution in [0.1, 0.15) is 0 Å². The van der Waals surface area contributed by atoms with Crippen molar-refractivity contribution in [3.8, 4) is 17.6 Å². The first-order chi connectivity index (χ1) is 12.7. The van der Waals surface area contributed by atoms with Gasteiger partial charge in [-0.1, -0.05) is 47.7 Å². The van der Waals surface area contributed by atoms with Crippen molar-refractivity contribution in [2.75, 3.05) is 18.5 Å². The van der Waals surface area contributed by atoms with Gasteiger partial charge in [-0.3, -0.25) is 4.98 Å². The summed E-state index contributed by atoms with van der Waals surface area (Å²) in [5.74, 6) is 6.39. The largest absolute Gasteiger partial charge is 0.479 e. The number of hydrogen-bond acceptors (Lipinski definition) is 3. The molecule has 26 heavy (non-hydrogen) atoms. The van der Waals surface area contributed by atoms with Crippen LogP contribution in [0.5, 0.6) is 5.75 Å². The lowest BCUT2D eigenvalue weighted by Crippen LogP contribution is -2.28. The maximum Gasteiger partial charge on any atom is 0.319 e. The third-order valence-electron chi connectivity index (χ3n) is 3.44. The van der Waals surface area contributed by atoms with Gasteiger partial charge in [0.1, 0.15) is 17.9 Å². The fraction of sp³-hybridized carbons (Fsp3) is 0.100. The average Bonchev–Trinajstić information content (AvgIpc) is 2.64. The van der Waals surface area contributed by atoms with Gasteiger partial charge in [0.2, 0.25) is 0 Å². The van der Waals surface area contributed by atoms with Crippen molar-refractivity contribution in [1.29, 1.82) is 0 Å². The van der Waals surface area contributed by atoms with Crippen molar-refractivity contribution in [3.63, 3.8) is 0 Å². The maximum absolute atomic E-state index is 11.8. The Bertz CT molecular complexity index is 974. The molecule has 0 aliphatic carbocycles. The number of para-hydroxylation sites is 1. The topological polar surface area (TPSA) is 63.2 Å². The van der Waals surface area contributed by atoms with Crippen LogP contribution in [0.2, 0.25) is 5.02 Å². The summed E-state index contributed by atoms with van der Waals surface area (Å²) in [4.78, 5) is 16.1. The van der Waals surface area contributed by atoms with Crippen molar-refractivity contribution in [2.45, 2.75) is 0 Å². The number of nitrogens with zero attached hydrogens (tertiary/aromatic N) is 1. The molecule has 0 radical (unpaired) electrons. The molecule has 2 amide bonds. The molecule has 0 spiro atoms. The first-order valence-electron chi connectivity index (χ1n) is 7.95. The molecule has 0 fully saturated rings. The fourth-order valence-electron chi connectivity index (χ4n) is 2.29. The van der Waals surface area contributed by atoms with E-state index in [4.69, 9.17) is 16.3 Å². The number of carbonyl (C=O) groups is 1. The number of pyridine rings is 1. The summed E-state index contributed by atoms with van der Waals surface area (Å²) in [7, 11) is 0. The Morgan fingerprint density at radius 2 is 1.96 bits per heavy atom. The van der Waals surface area contributed by atoms with Gasteiger partial charge >= 0.3 is 6.03 Å². The van der Waals surface area contributed by atoms with Crippen LogP contribution in [0.3, 0.4) is 0 Å². The summed E-state index contributed by atoms with van der Waals surface area (Å²) < 4.78 is 5.66. The van der Waals surface area contributed by atoms with E-state index in [0.717, 1.165) is 10.9 Å². The molecular formula is C20H16ClN3O2. The predicted octanol–water partition coefficient (Wildman–Crippen LogP) is 4.09. The number of nitrogens with one attached hydrogen (secondary N) is 2. The fourth-order valence-corrected chi connectivity index (χ4v) is 2.48. The molecule has 6 heteroatoms. The van der Waals surface area contributed by atoms with Gasteiger partial charge < -0.3 is 15.4 Å². The number of benzene rings is 2. The van der Waals surface area contributed by atoms with Gasteiger partial charge in [0.05, 0.1) is 6.54 Å². The highest BCUT2D eigenvalue weighted by molar-refractivity contribution is 6.30. The van der Waals surface area contributed by atoms with Crippen molar-refractivity contribution < 1.29 is 9.53 Å². The van der Waals surface area contributed by atoms with E-state index in [9.17, 15) is 4.79 Å². The normalized spacial score (nSPS) is 9.88. The van der Waals surface area contributed by atoms with Crippen LogP contribution in [0.25, 0.3) is 10.9 Å². The summed E-state index contributed by atoms with van der Waals surface area (Å²) in [5, 5.41) is 6.89. The minimum absolute atomic E-state index is 0.212. The third kappa shape index (κ3) is 4.88. The predicted molar refractivity (Wildman–Crippen MR) is 103 cm³/mol. The van der Waals surface area contributed by atoms with Gasteiger partial charge in [0.25, 0.3) is 0 Å². The van der Waals surface area contributed by atoms with Crippen LogP contribution in [0.4, 0.5) is 10.5 Å². The number of rotatable bonds is 4. The number of carbonyl (C=O) groups excluding carboxylic acids is 1. The van der Waals surface area contributed by atoms with Gasteiger partial charge in [-0.05, 0) is 30.3 Å². The van der Waals surface area contributed by atoms with E-state index >= 15 is 0 Å². The molecule has 0 bridgehead atoms. The number of aromatic nitrogens is 1. The van der Waals surface area contributed by atoms with Crippen LogP contribution in [0.15, 0.2) is 60.8 Å². The van der Waals surface area contributed by atoms with Crippen LogP contribution in [-0.2, 0) is 0 Å². The monoisotopic (exact) mass is 365 g/mol. The van der Waals surface area contributed by atoms with Gasteiger partial charge in [-0.15, -0.1) is 0 Å². The zero-order valence-electron chi connectivity index (χ0n) is 13.8. The first-order valence-corrected chi connectivity index (χ1v) is 8.33. The number of urea groups is 1. The Morgan fingerprint density at radius 1 is 1.12 bits per heavy atom. The van der Waals surface area contributed by atoms with E-state index < -0.39 is 0 Å². The number of fused-ring (bicyclic) bond motifs is 1. The second-order valence-corrected chi connectivity index (χ2v) is 5.73. The van der Waals surface area contributed by atoms with Gasteiger partial charge in [0, 0.05) is 22.3 Å². The summed E-state index contributed by atoms with van der Waals surface area (Å²) in [6, 6.07) is 16.2. The Kier molecular flexibility index (Phi) is 5.92. The molecular weight excluding hydrogens is 350 g/mol. The smallest absolute Gasteiger partial charge is 0.319 e. The molecule has 1 heterocycles. The number of ether oxygens (including phenoxy) is 1. The third-order valence-corrected chi connectivity index (χ3v) is 3.68. The average molecular weight is 366 g/mol. The molecule has 2 aromatic carbocycles. The zero-order chi connectivity index (χ0) is 18.2. The lowest BCUT2D eigenvalue weighted by atomic mass is 10.2. The van der Waals surface area contributed by atoms with Crippen molar-refractivity contribution in [1.82, 2.24) is 10.3 Å². The molecule has 130 valence electrons. The first kappa shape index (κ1) is 17.6. The quantitative estimate of drug-likeness (QED) is 0.684. The summed E-state index contributed by atoms with van der Waals surface area (Å²) >= 11 is 5.86. The van der Waals surface area contributed by atoms with Gasteiger partial charge in [-0.2, -0.15) is 0 Å². The number of hydrogen-bond donors (Lipinski definition) is 2. The molecule has 0 atom stereocenters. The van der Waals surface area contributed by atoms with Crippen molar-refractivity contribution in [3.05, 3.63) is 65.8 Å². The lowest BCUT2D eigenvalue weighted by Gasteiger charge is -2.06. The maximum atomic E-state index is 11.8. The molecule has 2 N–H and O–H groups in total. The van der Waals surface area contributed by atoms with Crippen molar-refractivity contribution >= 4 is 34.2 Å². The highest BCUT2D eigenvalue weighted by Gasteiger charge is 2.02. The highest BCUT2D eigenvalue weighted by Crippen LogP contribution is 2.22. The Balaban J connectivity index is 1.45. The van der Waals surface area contributed by atoms with E-state index in [0.29, 0.717) is 16.5 Å². The molecule has 0 aliphatic rings. The summed E-state index contributed by atoms with van der Waals surface area (Å²) in [6.07, 6.45) is 1.73. The standard InChI is InChI=1S/C20H16ClN3O2/c21-16-8-4-9-17(14-16)24-20(25)23-11-1-2-13-26-18-10-3-6-15-7-5-12-22-19(15)18/h3-10,12,14H,11,13H2,(H2,23,24,25). The summed E-state index contributed by atoms with van der Waals surface area (Å²) in [6.45, 7) is 0.427. The molecule has 0 unspecified atom stereocenters. The molecule has 0 aliphatic heterocycles. The minimum Gasteiger partial charge on any atom is -0.479 e. The van der Waals surface area contributed by atoms with Crippen LogP contribution in [-0.4, -0.2) is 24.2 Å². The van der Waals surface area contributed by atoms with Gasteiger partial charge in [0.15, 0.2) is 0 Å². The van der Waals surface area contributed by atoms with E-state index in [1.165, 1.54) is 0 Å². The van der Waals surface area contributed by atoms with Crippen LogP contribution >= 0.6 is 11.6 Å². The summed E-state index contributed by atoms with van der Waals surface area (Å²) in [5.41, 5.74) is 1.42. The number of amides is 2. The molecule has 3 rings (SSSR count). The lowest BCUT2D eigenvalue weighted by molar-refractivity contribution is 0.253. The number of anilines is 1. The second-order valence-electron chi connectivity index (χ2n) is 5.29. The van der Waals surface area contributed by atoms with E-state index in [2.05, 4.69) is 27.5 Å². The van der Waals surface area contributed by atoms with E-state index in [1.807, 2.05) is 30.3 Å². The van der Waals surface area contributed by atoms with Crippen molar-refractivity contribution in [2.24, 2.45) is 0 Å². The minimum atomic E-state index is -0.347. The van der Waals surface area contributed by atoms with Crippen LogP contribution < -0.4 is 15.4 Å². The Morgan fingerprint density at radius 3 is 2.85 bits per heavy atom. The van der Waals surface area contributed by atoms with Crippen LogP contribution in [0, 0.1) is 11.8 Å². The Hall–Kier alpha value is -3.23. The second kappa shape index (κ2) is 8.75. The van der Waals surface area contributed by atoms with E-state index in [1.54, 1.807) is 30.5 Å². The SMILES string of the molecule is O=C(NCC#CCOc1cccc2cccnc12)Nc1cccc(Cl)c1. The zero-order valence-corrected chi connectivity index (χ0v) is 14.6. The molecule has 1 aromatic heterocycles. The molecule has 3 aromatic rings. The number of halogens is 1. The highest BCUT2D eigenvalue weighted by atomic mass is 35.5. The van der Waals surface area contributed by atoms with Gasteiger partial charge in [-0.25, -0.2) is 4.79 Å². The molecule has 0 saturated carbocycles. The Labute approximate surface area is 156 Å². The molecule has 0 saturated heterocycles. The van der Waals surface area contributed by atoms with E-state index in [-0.39, 0.29) is 19.2 Å².